The van der Waals surface area contributed by atoms with Gasteiger partial charge in [-0.2, -0.15) is 10.1 Å². The van der Waals surface area contributed by atoms with E-state index in [0.29, 0.717) is 43.6 Å². The number of morpholine rings is 1. The number of aromatic nitrogens is 3. The van der Waals surface area contributed by atoms with Gasteiger partial charge in [-0.3, -0.25) is 4.79 Å². The van der Waals surface area contributed by atoms with Crippen LogP contribution in [-0.2, 0) is 9.53 Å². The summed E-state index contributed by atoms with van der Waals surface area (Å²) in [5.74, 6) is 1.23. The Kier molecular flexibility index (Phi) is 3.38. The Labute approximate surface area is 132 Å². The number of amides is 1. The first-order chi connectivity index (χ1) is 11.3. The van der Waals surface area contributed by atoms with Gasteiger partial charge in [0, 0.05) is 18.8 Å². The van der Waals surface area contributed by atoms with Crippen molar-refractivity contribution in [2.24, 2.45) is 0 Å². The van der Waals surface area contributed by atoms with Gasteiger partial charge in [-0.25, -0.2) is 4.68 Å². The number of carbonyl (C=O) groups excluding carboxylic acids is 1. The highest BCUT2D eigenvalue weighted by Crippen LogP contribution is 2.35. The van der Waals surface area contributed by atoms with Crippen molar-refractivity contribution in [3.05, 3.63) is 41.8 Å². The molecule has 2 aromatic rings. The second kappa shape index (κ2) is 5.54. The molecule has 0 aromatic carbocycles. The molecule has 8 heteroatoms. The molecule has 120 valence electrons. The van der Waals surface area contributed by atoms with Crippen LogP contribution in [0.25, 0.3) is 0 Å². The van der Waals surface area contributed by atoms with E-state index in [1.165, 1.54) is 6.33 Å². The summed E-state index contributed by atoms with van der Waals surface area (Å²) in [5, 5.41) is 7.41. The summed E-state index contributed by atoms with van der Waals surface area (Å²) < 4.78 is 12.6. The SMILES string of the molecule is CC1=C(C(=O)N2CCOCC2)C(c2ccco2)n2ncnc2N1. The molecule has 0 radical (unpaired) electrons. The molecule has 4 heterocycles. The number of ether oxygens (including phenoxy) is 1. The Hall–Kier alpha value is -2.61. The lowest BCUT2D eigenvalue weighted by molar-refractivity contribution is -0.131. The lowest BCUT2D eigenvalue weighted by Crippen LogP contribution is -2.44. The smallest absolute Gasteiger partial charge is 0.254 e. The standard InChI is InChI=1S/C15H17N5O3/c1-10-12(14(21)19-4-7-22-8-5-19)13(11-3-2-6-23-11)20-15(18-10)16-9-17-20/h2-3,6,9,13H,4-5,7-8H2,1H3,(H,16,17,18). The third kappa shape index (κ3) is 2.31. The van der Waals surface area contributed by atoms with Crippen molar-refractivity contribution in [2.45, 2.75) is 13.0 Å². The van der Waals surface area contributed by atoms with E-state index in [9.17, 15) is 4.79 Å². The second-order valence-corrected chi connectivity index (χ2v) is 5.51. The molecule has 0 aliphatic carbocycles. The number of furan rings is 1. The van der Waals surface area contributed by atoms with Crippen molar-refractivity contribution in [1.29, 1.82) is 0 Å². The molecule has 0 saturated carbocycles. The number of anilines is 1. The Morgan fingerprint density at radius 2 is 2.22 bits per heavy atom. The monoisotopic (exact) mass is 315 g/mol. The van der Waals surface area contributed by atoms with Gasteiger partial charge >= 0.3 is 0 Å². The molecule has 1 atom stereocenters. The molecular weight excluding hydrogens is 298 g/mol. The van der Waals surface area contributed by atoms with Gasteiger partial charge in [-0.05, 0) is 19.1 Å². The van der Waals surface area contributed by atoms with Crippen molar-refractivity contribution < 1.29 is 13.9 Å². The van der Waals surface area contributed by atoms with Crippen LogP contribution in [0, 0.1) is 0 Å². The molecule has 1 N–H and O–H groups in total. The van der Waals surface area contributed by atoms with E-state index in [4.69, 9.17) is 9.15 Å². The van der Waals surface area contributed by atoms with Crippen molar-refractivity contribution in [3.8, 4) is 0 Å². The molecule has 1 amide bonds. The molecule has 1 fully saturated rings. The van der Waals surface area contributed by atoms with E-state index in [1.54, 1.807) is 17.0 Å². The van der Waals surface area contributed by atoms with Crippen LogP contribution in [0.4, 0.5) is 5.95 Å². The van der Waals surface area contributed by atoms with Crippen molar-refractivity contribution in [1.82, 2.24) is 19.7 Å². The van der Waals surface area contributed by atoms with Gasteiger partial charge in [0.2, 0.25) is 5.95 Å². The van der Waals surface area contributed by atoms with Crippen LogP contribution < -0.4 is 5.32 Å². The van der Waals surface area contributed by atoms with Crippen LogP contribution >= 0.6 is 0 Å². The first kappa shape index (κ1) is 14.0. The highest BCUT2D eigenvalue weighted by Gasteiger charge is 2.37. The van der Waals surface area contributed by atoms with Gasteiger partial charge in [0.1, 0.15) is 18.1 Å². The van der Waals surface area contributed by atoms with Gasteiger partial charge < -0.3 is 19.4 Å². The zero-order valence-corrected chi connectivity index (χ0v) is 12.7. The maximum atomic E-state index is 13.1. The van der Waals surface area contributed by atoms with E-state index >= 15 is 0 Å². The number of fused-ring (bicyclic) bond motifs is 1. The summed E-state index contributed by atoms with van der Waals surface area (Å²) in [7, 11) is 0. The van der Waals surface area contributed by atoms with Gasteiger partial charge in [-0.15, -0.1) is 0 Å². The first-order valence-electron chi connectivity index (χ1n) is 7.53. The zero-order chi connectivity index (χ0) is 15.8. The molecule has 2 aliphatic heterocycles. The molecule has 4 rings (SSSR count). The van der Waals surface area contributed by atoms with Crippen LogP contribution in [0.15, 0.2) is 40.4 Å². The molecule has 2 aromatic heterocycles. The largest absolute Gasteiger partial charge is 0.467 e. The van der Waals surface area contributed by atoms with E-state index in [1.807, 2.05) is 17.9 Å². The number of allylic oxidation sites excluding steroid dienone is 1. The molecule has 2 aliphatic rings. The fourth-order valence-corrected chi connectivity index (χ4v) is 3.01. The van der Waals surface area contributed by atoms with E-state index < -0.39 is 6.04 Å². The maximum absolute atomic E-state index is 13.1. The quantitative estimate of drug-likeness (QED) is 0.890. The Morgan fingerprint density at radius 1 is 1.39 bits per heavy atom. The molecule has 0 spiro atoms. The zero-order valence-electron chi connectivity index (χ0n) is 12.7. The summed E-state index contributed by atoms with van der Waals surface area (Å²) in [4.78, 5) is 19.1. The van der Waals surface area contributed by atoms with E-state index in [-0.39, 0.29) is 5.91 Å². The maximum Gasteiger partial charge on any atom is 0.254 e. The number of carbonyl (C=O) groups is 1. The summed E-state index contributed by atoms with van der Waals surface area (Å²) in [6, 6.07) is 3.24. The van der Waals surface area contributed by atoms with Gasteiger partial charge in [0.25, 0.3) is 5.91 Å². The predicted octanol–water partition coefficient (Wildman–Crippen LogP) is 1.02. The fourth-order valence-electron chi connectivity index (χ4n) is 3.01. The summed E-state index contributed by atoms with van der Waals surface area (Å²) >= 11 is 0. The van der Waals surface area contributed by atoms with E-state index in [2.05, 4.69) is 15.4 Å². The lowest BCUT2D eigenvalue weighted by atomic mass is 9.99. The number of rotatable bonds is 2. The summed E-state index contributed by atoms with van der Waals surface area (Å²) in [5.41, 5.74) is 1.39. The number of hydrogen-bond acceptors (Lipinski definition) is 6. The Bertz CT molecular complexity index is 743. The Morgan fingerprint density at radius 3 is 2.96 bits per heavy atom. The molecule has 23 heavy (non-hydrogen) atoms. The number of nitrogens with one attached hydrogen (secondary N) is 1. The topological polar surface area (TPSA) is 85.4 Å². The van der Waals surface area contributed by atoms with Crippen LogP contribution in [-0.4, -0.2) is 51.9 Å². The summed E-state index contributed by atoms with van der Waals surface area (Å²) in [6.07, 6.45) is 3.06. The average molecular weight is 315 g/mol. The van der Waals surface area contributed by atoms with E-state index in [0.717, 1.165) is 5.70 Å². The molecule has 1 saturated heterocycles. The highest BCUT2D eigenvalue weighted by molar-refractivity contribution is 5.96. The molecule has 1 unspecified atom stereocenters. The van der Waals surface area contributed by atoms with Crippen LogP contribution in [0.5, 0.6) is 0 Å². The normalized spacial score (nSPS) is 21.1. The average Bonchev–Trinajstić information content (AvgIpc) is 3.25. The predicted molar refractivity (Wildman–Crippen MR) is 80.6 cm³/mol. The third-order valence-electron chi connectivity index (χ3n) is 4.14. The molecule has 0 bridgehead atoms. The number of hydrogen-bond donors (Lipinski definition) is 1. The first-order valence-corrected chi connectivity index (χ1v) is 7.53. The minimum atomic E-state index is -0.418. The molecular formula is C15H17N5O3. The van der Waals surface area contributed by atoms with Crippen molar-refractivity contribution >= 4 is 11.9 Å². The highest BCUT2D eigenvalue weighted by atomic mass is 16.5. The second-order valence-electron chi connectivity index (χ2n) is 5.51. The van der Waals surface area contributed by atoms with Crippen LogP contribution in [0.2, 0.25) is 0 Å². The Balaban J connectivity index is 1.77. The van der Waals surface area contributed by atoms with Gasteiger partial charge in [0.05, 0.1) is 25.1 Å². The molecule has 8 nitrogen and oxygen atoms in total. The minimum Gasteiger partial charge on any atom is -0.467 e. The summed E-state index contributed by atoms with van der Waals surface area (Å²) in [6.45, 7) is 4.17. The third-order valence-corrected chi connectivity index (χ3v) is 4.14. The van der Waals surface area contributed by atoms with Crippen molar-refractivity contribution in [2.75, 3.05) is 31.6 Å². The van der Waals surface area contributed by atoms with Gasteiger partial charge in [-0.1, -0.05) is 0 Å². The van der Waals surface area contributed by atoms with Gasteiger partial charge in [0.15, 0.2) is 0 Å². The number of nitrogens with zero attached hydrogens (tertiary/aromatic N) is 4. The van der Waals surface area contributed by atoms with Crippen LogP contribution in [0.1, 0.15) is 18.7 Å². The fraction of sp³-hybridized carbons (Fsp3) is 0.400. The minimum absolute atomic E-state index is 0.0270. The lowest BCUT2D eigenvalue weighted by Gasteiger charge is -2.32. The van der Waals surface area contributed by atoms with Crippen LogP contribution in [0.3, 0.4) is 0 Å². The van der Waals surface area contributed by atoms with Crippen molar-refractivity contribution in [3.63, 3.8) is 0 Å².